The molecule has 0 saturated carbocycles. The second-order valence-electron chi connectivity index (χ2n) is 6.17. The molecule has 1 aliphatic rings. The van der Waals surface area contributed by atoms with Crippen LogP contribution in [0.2, 0.25) is 0 Å². The fourth-order valence-electron chi connectivity index (χ4n) is 3.26. The molecule has 0 unspecified atom stereocenters. The summed E-state index contributed by atoms with van der Waals surface area (Å²) in [6.45, 7) is 1.38. The number of imide groups is 1. The van der Waals surface area contributed by atoms with Crippen LogP contribution < -0.4 is 21.9 Å². The Labute approximate surface area is 152 Å². The lowest BCUT2D eigenvalue weighted by Crippen LogP contribution is -2.24. The highest BCUT2D eigenvalue weighted by molar-refractivity contribution is 6.23. The fourth-order valence-corrected chi connectivity index (χ4v) is 3.26. The maximum Gasteiger partial charge on any atom is 0.262 e. The van der Waals surface area contributed by atoms with Crippen molar-refractivity contribution in [2.75, 3.05) is 11.1 Å². The Balaban J connectivity index is 2.03. The summed E-state index contributed by atoms with van der Waals surface area (Å²) < 4.78 is 1.15. The van der Waals surface area contributed by atoms with E-state index in [1.807, 2.05) is 24.3 Å². The molecular weight excluding hydrogens is 348 g/mol. The number of rotatable bonds is 2. The van der Waals surface area contributed by atoms with E-state index in [0.29, 0.717) is 11.4 Å². The quantitative estimate of drug-likeness (QED) is 0.595. The molecule has 0 spiro atoms. The van der Waals surface area contributed by atoms with Crippen LogP contribution in [0.25, 0.3) is 16.5 Å². The molecule has 0 saturated heterocycles. The first-order chi connectivity index (χ1) is 12.9. The second kappa shape index (κ2) is 5.80. The molecule has 3 aromatic rings. The summed E-state index contributed by atoms with van der Waals surface area (Å²) in [5, 5.41) is 6.42. The number of carbonyl (C=O) groups excluding carboxylic acids is 3. The molecule has 1 aromatic heterocycles. The van der Waals surface area contributed by atoms with Crippen LogP contribution in [0, 0.1) is 0 Å². The van der Waals surface area contributed by atoms with Crippen LogP contribution in [0.4, 0.5) is 11.5 Å². The summed E-state index contributed by atoms with van der Waals surface area (Å²) in [7, 11) is 0. The summed E-state index contributed by atoms with van der Waals surface area (Å²) in [4.78, 5) is 48.0. The number of hydrogen-bond donors (Lipinski definition) is 3. The Morgan fingerprint density at radius 3 is 2.56 bits per heavy atom. The fraction of sp³-hybridized carbons (Fsp3) is 0.0526. The number of nitrogen functional groups attached to an aromatic ring is 1. The number of pyridine rings is 1. The maximum atomic E-state index is 12.6. The second-order valence-corrected chi connectivity index (χ2v) is 6.17. The minimum absolute atomic E-state index is 0.0335. The maximum absolute atomic E-state index is 12.6. The molecule has 27 heavy (non-hydrogen) atoms. The standard InChI is InChI=1S/C19H14N4O4/c1-9(24)21-14-7-11(6-10-4-2-3-5-12(10)14)23-15(25)8-13-16(17(23)20)19(27)22-18(13)26/h2-8H,20H2,1H3,(H,21,24)(H,22,26,27). The first-order valence-corrected chi connectivity index (χ1v) is 8.09. The molecule has 4 rings (SSSR count). The summed E-state index contributed by atoms with van der Waals surface area (Å²) in [6.07, 6.45) is 0. The zero-order valence-electron chi connectivity index (χ0n) is 14.2. The minimum Gasteiger partial charge on any atom is -0.384 e. The van der Waals surface area contributed by atoms with Crippen molar-refractivity contribution in [3.05, 3.63) is 63.9 Å². The van der Waals surface area contributed by atoms with Gasteiger partial charge in [-0.1, -0.05) is 24.3 Å². The highest BCUT2D eigenvalue weighted by Gasteiger charge is 2.31. The lowest BCUT2D eigenvalue weighted by Gasteiger charge is -2.15. The van der Waals surface area contributed by atoms with E-state index in [-0.39, 0.29) is 22.9 Å². The van der Waals surface area contributed by atoms with E-state index >= 15 is 0 Å². The van der Waals surface area contributed by atoms with Gasteiger partial charge in [0.05, 0.1) is 22.5 Å². The Morgan fingerprint density at radius 2 is 1.81 bits per heavy atom. The van der Waals surface area contributed by atoms with Gasteiger partial charge in [-0.15, -0.1) is 0 Å². The van der Waals surface area contributed by atoms with Crippen molar-refractivity contribution in [1.29, 1.82) is 0 Å². The normalized spacial score (nSPS) is 12.8. The van der Waals surface area contributed by atoms with Crippen LogP contribution in [0.15, 0.2) is 47.3 Å². The van der Waals surface area contributed by atoms with Crippen LogP contribution in [0.3, 0.4) is 0 Å². The molecule has 134 valence electrons. The molecule has 8 heteroatoms. The average molecular weight is 362 g/mol. The Hall–Kier alpha value is -3.94. The predicted octanol–water partition coefficient (Wildman–Crippen LogP) is 1.41. The number of nitrogens with two attached hydrogens (primary N) is 1. The number of amides is 3. The van der Waals surface area contributed by atoms with E-state index in [4.69, 9.17) is 5.73 Å². The third kappa shape index (κ3) is 2.54. The van der Waals surface area contributed by atoms with Crippen molar-refractivity contribution in [3.63, 3.8) is 0 Å². The number of hydrogen-bond acceptors (Lipinski definition) is 5. The van der Waals surface area contributed by atoms with Crippen molar-refractivity contribution in [1.82, 2.24) is 9.88 Å². The molecule has 1 aliphatic heterocycles. The van der Waals surface area contributed by atoms with Gasteiger partial charge in [0, 0.05) is 18.4 Å². The molecule has 2 heterocycles. The van der Waals surface area contributed by atoms with Crippen LogP contribution in [0.1, 0.15) is 27.6 Å². The summed E-state index contributed by atoms with van der Waals surface area (Å²) in [5.41, 5.74) is 6.32. The number of benzene rings is 2. The van der Waals surface area contributed by atoms with Gasteiger partial charge in [-0.25, -0.2) is 0 Å². The van der Waals surface area contributed by atoms with Crippen LogP contribution in [-0.4, -0.2) is 22.3 Å². The molecule has 3 amide bonds. The number of nitrogens with one attached hydrogen (secondary N) is 2. The third-order valence-corrected chi connectivity index (χ3v) is 4.37. The predicted molar refractivity (Wildman–Crippen MR) is 100 cm³/mol. The van der Waals surface area contributed by atoms with E-state index < -0.39 is 17.4 Å². The van der Waals surface area contributed by atoms with Crippen LogP contribution in [-0.2, 0) is 4.79 Å². The Bertz CT molecular complexity index is 1230. The van der Waals surface area contributed by atoms with Gasteiger partial charge in [-0.2, -0.15) is 0 Å². The molecule has 0 radical (unpaired) electrons. The van der Waals surface area contributed by atoms with Gasteiger partial charge in [0.15, 0.2) is 0 Å². The molecule has 0 bridgehead atoms. The summed E-state index contributed by atoms with van der Waals surface area (Å²) >= 11 is 0. The van der Waals surface area contributed by atoms with Crippen molar-refractivity contribution in [2.24, 2.45) is 0 Å². The molecule has 0 atom stereocenters. The lowest BCUT2D eigenvalue weighted by molar-refractivity contribution is -0.114. The van der Waals surface area contributed by atoms with Crippen molar-refractivity contribution >= 4 is 40.0 Å². The van der Waals surface area contributed by atoms with E-state index in [1.165, 1.54) is 6.92 Å². The molecular formula is C19H14N4O4. The smallest absolute Gasteiger partial charge is 0.262 e. The van der Waals surface area contributed by atoms with E-state index in [9.17, 15) is 19.2 Å². The van der Waals surface area contributed by atoms with Crippen molar-refractivity contribution in [3.8, 4) is 5.69 Å². The van der Waals surface area contributed by atoms with Gasteiger partial charge in [-0.3, -0.25) is 29.1 Å². The summed E-state index contributed by atoms with van der Waals surface area (Å²) in [6, 6.07) is 11.7. The zero-order valence-corrected chi connectivity index (χ0v) is 14.2. The number of anilines is 2. The van der Waals surface area contributed by atoms with Crippen LogP contribution in [0.5, 0.6) is 0 Å². The third-order valence-electron chi connectivity index (χ3n) is 4.37. The topological polar surface area (TPSA) is 123 Å². The lowest BCUT2D eigenvalue weighted by atomic mass is 10.1. The van der Waals surface area contributed by atoms with Gasteiger partial charge in [0.2, 0.25) is 5.91 Å². The number of nitrogens with zero attached hydrogens (tertiary/aromatic N) is 1. The highest BCUT2D eigenvalue weighted by atomic mass is 16.2. The van der Waals surface area contributed by atoms with E-state index in [0.717, 1.165) is 21.4 Å². The van der Waals surface area contributed by atoms with Gasteiger partial charge in [-0.05, 0) is 17.5 Å². The molecule has 0 aliphatic carbocycles. The number of aromatic nitrogens is 1. The minimum atomic E-state index is -0.650. The largest absolute Gasteiger partial charge is 0.384 e. The van der Waals surface area contributed by atoms with Gasteiger partial charge in [0.25, 0.3) is 17.4 Å². The molecule has 8 nitrogen and oxygen atoms in total. The van der Waals surface area contributed by atoms with Crippen molar-refractivity contribution in [2.45, 2.75) is 6.92 Å². The van der Waals surface area contributed by atoms with Crippen LogP contribution >= 0.6 is 0 Å². The SMILES string of the molecule is CC(=O)Nc1cc(-n2c(N)c3c(cc2=O)C(=O)NC3=O)cc2ccccc12. The number of carbonyl (C=O) groups is 3. The van der Waals surface area contributed by atoms with Gasteiger partial charge >= 0.3 is 0 Å². The number of fused-ring (bicyclic) bond motifs is 2. The van der Waals surface area contributed by atoms with E-state index in [2.05, 4.69) is 10.6 Å². The van der Waals surface area contributed by atoms with Gasteiger partial charge in [0.1, 0.15) is 5.82 Å². The Morgan fingerprint density at radius 1 is 1.07 bits per heavy atom. The van der Waals surface area contributed by atoms with Gasteiger partial charge < -0.3 is 11.1 Å². The first-order valence-electron chi connectivity index (χ1n) is 8.09. The summed E-state index contributed by atoms with van der Waals surface area (Å²) in [5.74, 6) is -1.70. The monoisotopic (exact) mass is 362 g/mol. The van der Waals surface area contributed by atoms with Crippen molar-refractivity contribution < 1.29 is 14.4 Å². The molecule has 0 fully saturated rings. The van der Waals surface area contributed by atoms with E-state index in [1.54, 1.807) is 12.1 Å². The first kappa shape index (κ1) is 16.5. The highest BCUT2D eigenvalue weighted by Crippen LogP contribution is 2.29. The zero-order chi connectivity index (χ0) is 19.3. The Kier molecular flexibility index (Phi) is 3.55. The average Bonchev–Trinajstić information content (AvgIpc) is 2.88. The molecule has 4 N–H and O–H groups in total. The molecule has 2 aromatic carbocycles.